The summed E-state index contributed by atoms with van der Waals surface area (Å²) in [5.74, 6) is 0.0422. The van der Waals surface area contributed by atoms with Crippen LogP contribution < -0.4 is 5.73 Å². The molecule has 0 unspecified atom stereocenters. The fourth-order valence-corrected chi connectivity index (χ4v) is 3.24. The quantitative estimate of drug-likeness (QED) is 0.503. The Hall–Kier alpha value is -1.40. The van der Waals surface area contributed by atoms with Crippen molar-refractivity contribution in [2.24, 2.45) is 5.73 Å². The highest BCUT2D eigenvalue weighted by Crippen LogP contribution is 2.31. The van der Waals surface area contributed by atoms with Gasteiger partial charge in [0.2, 0.25) is 0 Å². The molecule has 1 aromatic heterocycles. The largest absolute Gasteiger partial charge is 0.384 e. The van der Waals surface area contributed by atoms with Gasteiger partial charge >= 0.3 is 0 Å². The Morgan fingerprint density at radius 2 is 1.80 bits per heavy atom. The Morgan fingerprint density at radius 3 is 2.35 bits per heavy atom. The van der Waals surface area contributed by atoms with Crippen molar-refractivity contribution in [1.82, 2.24) is 9.97 Å². The third-order valence-corrected chi connectivity index (χ3v) is 4.46. The van der Waals surface area contributed by atoms with Crippen molar-refractivity contribution in [3.05, 3.63) is 45.2 Å². The summed E-state index contributed by atoms with van der Waals surface area (Å²) in [4.78, 5) is 9.84. The number of hydrogen-bond acceptors (Lipinski definition) is 4. The van der Waals surface area contributed by atoms with E-state index in [1.807, 2.05) is 39.0 Å². The molecule has 1 aromatic carbocycles. The minimum Gasteiger partial charge on any atom is -0.384 e. The molecule has 0 aliphatic heterocycles. The van der Waals surface area contributed by atoms with E-state index in [1.54, 1.807) is 0 Å². The lowest BCUT2D eigenvalue weighted by atomic mass is 10.2. The number of nitrogens with one attached hydrogen (secondary N) is 1. The maximum Gasteiger partial charge on any atom is 0.192 e. The van der Waals surface area contributed by atoms with Crippen LogP contribution in [0.25, 0.3) is 0 Å². The van der Waals surface area contributed by atoms with Crippen LogP contribution in [0.15, 0.2) is 32.7 Å². The molecule has 3 N–H and O–H groups in total. The molecule has 0 fully saturated rings. The summed E-state index contributed by atoms with van der Waals surface area (Å²) in [6.45, 7) is 5.96. The lowest BCUT2D eigenvalue weighted by Gasteiger charge is -2.10. The second kappa shape index (κ2) is 5.93. The fraction of sp³-hybridized carbons (Fsp3) is 0.214. The zero-order valence-electron chi connectivity index (χ0n) is 11.5. The molecule has 0 amide bonds. The molecule has 0 atom stereocenters. The number of aromatic nitrogens is 2. The topological polar surface area (TPSA) is 75.7 Å². The van der Waals surface area contributed by atoms with Gasteiger partial charge in [-0.3, -0.25) is 5.41 Å². The summed E-state index contributed by atoms with van der Waals surface area (Å²) < 4.78 is 0.936. The van der Waals surface area contributed by atoms with Crippen molar-refractivity contribution < 1.29 is 0 Å². The molecule has 0 radical (unpaired) electrons. The molecule has 4 nitrogen and oxygen atoms in total. The van der Waals surface area contributed by atoms with E-state index in [1.165, 1.54) is 11.8 Å². The molecule has 1 heterocycles. The average molecular weight is 351 g/mol. The van der Waals surface area contributed by atoms with E-state index in [2.05, 4.69) is 25.9 Å². The predicted molar refractivity (Wildman–Crippen MR) is 85.5 cm³/mol. The second-order valence-electron chi connectivity index (χ2n) is 4.46. The average Bonchev–Trinajstić information content (AvgIpc) is 2.35. The maximum absolute atomic E-state index is 7.64. The summed E-state index contributed by atoms with van der Waals surface area (Å²) in [7, 11) is 0. The molecule has 6 heteroatoms. The molecule has 0 saturated heterocycles. The van der Waals surface area contributed by atoms with Gasteiger partial charge in [0.25, 0.3) is 0 Å². The van der Waals surface area contributed by atoms with Gasteiger partial charge < -0.3 is 5.73 Å². The molecule has 0 aliphatic carbocycles. The predicted octanol–water partition coefficient (Wildman–Crippen LogP) is 3.60. The maximum atomic E-state index is 7.64. The first-order valence-corrected chi connectivity index (χ1v) is 7.63. The van der Waals surface area contributed by atoms with Gasteiger partial charge in [-0.25, -0.2) is 9.97 Å². The van der Waals surface area contributed by atoms with E-state index >= 15 is 0 Å². The third kappa shape index (κ3) is 3.19. The van der Waals surface area contributed by atoms with Gasteiger partial charge in [-0.1, -0.05) is 15.9 Å². The summed E-state index contributed by atoms with van der Waals surface area (Å²) in [6.07, 6.45) is 0. The molecular weight excluding hydrogens is 336 g/mol. The van der Waals surface area contributed by atoms with E-state index in [4.69, 9.17) is 11.1 Å². The number of nitrogens with two attached hydrogens (primary N) is 1. The van der Waals surface area contributed by atoms with E-state index in [9.17, 15) is 0 Å². The van der Waals surface area contributed by atoms with Gasteiger partial charge in [0.15, 0.2) is 5.16 Å². The number of aryl methyl sites for hydroxylation is 2. The summed E-state index contributed by atoms with van der Waals surface area (Å²) in [6, 6.07) is 5.62. The standard InChI is InChI=1S/C14H15BrN4S/c1-7-8(2)18-14(19-9(7)3)20-12-6-10(15)4-5-11(12)13(16)17/h4-6H,1-3H3,(H3,16,17). The van der Waals surface area contributed by atoms with Crippen LogP contribution in [0.1, 0.15) is 22.5 Å². The zero-order chi connectivity index (χ0) is 14.9. The van der Waals surface area contributed by atoms with Gasteiger partial charge in [-0.05, 0) is 56.3 Å². The Balaban J connectivity index is 2.44. The Labute approximate surface area is 130 Å². The number of nitrogen functional groups attached to an aromatic ring is 1. The Kier molecular flexibility index (Phi) is 4.45. The smallest absolute Gasteiger partial charge is 0.192 e. The zero-order valence-corrected chi connectivity index (χ0v) is 13.9. The van der Waals surface area contributed by atoms with Gasteiger partial charge in [-0.15, -0.1) is 0 Å². The number of benzene rings is 1. The van der Waals surface area contributed by atoms with Crippen LogP contribution in [0, 0.1) is 26.2 Å². The van der Waals surface area contributed by atoms with Crippen molar-refractivity contribution in [2.75, 3.05) is 0 Å². The lowest BCUT2D eigenvalue weighted by molar-refractivity contribution is 0.881. The summed E-state index contributed by atoms with van der Waals surface area (Å²) in [5.41, 5.74) is 9.36. The number of halogens is 1. The minimum atomic E-state index is 0.0422. The van der Waals surface area contributed by atoms with Gasteiger partial charge in [0.05, 0.1) is 0 Å². The number of nitrogens with zero attached hydrogens (tertiary/aromatic N) is 2. The van der Waals surface area contributed by atoms with Crippen LogP contribution in [-0.2, 0) is 0 Å². The van der Waals surface area contributed by atoms with Crippen LogP contribution in [0.5, 0.6) is 0 Å². The van der Waals surface area contributed by atoms with Gasteiger partial charge in [-0.2, -0.15) is 0 Å². The number of rotatable bonds is 3. The van der Waals surface area contributed by atoms with Crippen LogP contribution >= 0.6 is 27.7 Å². The molecular formula is C14H15BrN4S. The highest BCUT2D eigenvalue weighted by molar-refractivity contribution is 9.10. The highest BCUT2D eigenvalue weighted by Gasteiger charge is 2.11. The fourth-order valence-electron chi connectivity index (χ4n) is 1.69. The lowest BCUT2D eigenvalue weighted by Crippen LogP contribution is -2.12. The van der Waals surface area contributed by atoms with Crippen molar-refractivity contribution >= 4 is 33.5 Å². The molecule has 104 valence electrons. The van der Waals surface area contributed by atoms with Crippen LogP contribution in [0.2, 0.25) is 0 Å². The first-order valence-electron chi connectivity index (χ1n) is 6.02. The van der Waals surface area contributed by atoms with Gasteiger partial charge in [0, 0.05) is 26.3 Å². The SMILES string of the molecule is Cc1nc(Sc2cc(Br)ccc2C(=N)N)nc(C)c1C. The normalized spacial score (nSPS) is 10.6. The molecule has 0 saturated carbocycles. The van der Waals surface area contributed by atoms with E-state index in [-0.39, 0.29) is 5.84 Å². The van der Waals surface area contributed by atoms with Crippen molar-refractivity contribution in [2.45, 2.75) is 30.8 Å². The Bertz CT molecular complexity index is 662. The molecule has 2 rings (SSSR count). The first kappa shape index (κ1) is 15.0. The minimum absolute atomic E-state index is 0.0422. The van der Waals surface area contributed by atoms with Crippen molar-refractivity contribution in [1.29, 1.82) is 5.41 Å². The summed E-state index contributed by atoms with van der Waals surface area (Å²) in [5, 5.41) is 8.31. The van der Waals surface area contributed by atoms with Crippen LogP contribution in [-0.4, -0.2) is 15.8 Å². The molecule has 20 heavy (non-hydrogen) atoms. The Morgan fingerprint density at radius 1 is 1.20 bits per heavy atom. The second-order valence-corrected chi connectivity index (χ2v) is 6.38. The number of hydrogen-bond donors (Lipinski definition) is 2. The molecule has 2 aromatic rings. The number of amidine groups is 1. The molecule has 0 aliphatic rings. The van der Waals surface area contributed by atoms with E-state index < -0.39 is 0 Å². The molecule has 0 bridgehead atoms. The van der Waals surface area contributed by atoms with Crippen molar-refractivity contribution in [3.8, 4) is 0 Å². The first-order chi connectivity index (χ1) is 9.38. The third-order valence-electron chi connectivity index (χ3n) is 3.05. The van der Waals surface area contributed by atoms with Crippen LogP contribution in [0.3, 0.4) is 0 Å². The van der Waals surface area contributed by atoms with Crippen molar-refractivity contribution in [3.63, 3.8) is 0 Å². The van der Waals surface area contributed by atoms with Gasteiger partial charge in [0.1, 0.15) is 5.84 Å². The van der Waals surface area contributed by atoms with E-state index in [0.29, 0.717) is 10.7 Å². The van der Waals surface area contributed by atoms with E-state index in [0.717, 1.165) is 26.3 Å². The molecule has 0 spiro atoms. The monoisotopic (exact) mass is 350 g/mol. The van der Waals surface area contributed by atoms with Crippen LogP contribution in [0.4, 0.5) is 0 Å². The summed E-state index contributed by atoms with van der Waals surface area (Å²) >= 11 is 4.85. The highest BCUT2D eigenvalue weighted by atomic mass is 79.9.